The largest absolute Gasteiger partial charge is 0.371 e. The molecule has 0 aromatic heterocycles. The number of nitrogens with one attached hydrogen (secondary N) is 1. The van der Waals surface area contributed by atoms with Crippen LogP contribution in [0.1, 0.15) is 43.2 Å². The van der Waals surface area contributed by atoms with E-state index in [1.807, 2.05) is 30.3 Å². The van der Waals surface area contributed by atoms with Crippen molar-refractivity contribution >= 4 is 11.6 Å². The van der Waals surface area contributed by atoms with Crippen molar-refractivity contribution in [1.29, 1.82) is 10.5 Å². The first-order chi connectivity index (χ1) is 19.0. The Morgan fingerprint density at radius 2 is 1.82 bits per heavy atom. The van der Waals surface area contributed by atoms with Crippen LogP contribution in [0.4, 0.5) is 10.1 Å². The molecule has 3 fully saturated rings. The van der Waals surface area contributed by atoms with E-state index in [1.165, 1.54) is 12.1 Å². The minimum absolute atomic E-state index is 0.0606. The molecule has 1 saturated carbocycles. The van der Waals surface area contributed by atoms with E-state index in [9.17, 15) is 14.4 Å². The van der Waals surface area contributed by atoms with Gasteiger partial charge in [-0.05, 0) is 92.6 Å². The Hall–Kier alpha value is -3.86. The molecular formula is C32H34FN5O. The Morgan fingerprint density at radius 3 is 2.46 bits per heavy atom. The van der Waals surface area contributed by atoms with Crippen molar-refractivity contribution < 1.29 is 9.18 Å². The highest BCUT2D eigenvalue weighted by Crippen LogP contribution is 2.50. The molecule has 1 amide bonds. The van der Waals surface area contributed by atoms with Crippen LogP contribution in [0.2, 0.25) is 0 Å². The van der Waals surface area contributed by atoms with Gasteiger partial charge in [0.1, 0.15) is 5.82 Å². The number of nitriles is 2. The van der Waals surface area contributed by atoms with Crippen molar-refractivity contribution in [3.05, 3.63) is 65.5 Å². The fraction of sp³-hybridized carbons (Fsp3) is 0.469. The second-order valence-corrected chi connectivity index (χ2v) is 11.3. The predicted molar refractivity (Wildman–Crippen MR) is 148 cm³/mol. The summed E-state index contributed by atoms with van der Waals surface area (Å²) in [5.74, 6) is 1.87. The summed E-state index contributed by atoms with van der Waals surface area (Å²) in [7, 11) is 0. The van der Waals surface area contributed by atoms with Crippen LogP contribution in [0, 0.1) is 58.6 Å². The van der Waals surface area contributed by atoms with Crippen LogP contribution in [0.3, 0.4) is 0 Å². The highest BCUT2D eigenvalue weighted by molar-refractivity contribution is 5.93. The molecule has 1 aliphatic carbocycles. The number of piperidine rings is 1. The summed E-state index contributed by atoms with van der Waals surface area (Å²) in [5, 5.41) is 22.8. The predicted octanol–water partition coefficient (Wildman–Crippen LogP) is 4.23. The SMILES string of the molecule is C#CC(=O)N[C@H]1CCC[C@@H]1[C@](C#N)(c1cccc(F)c1)C1CCN(CC2CN(c3ccc(C#N)cc3)C2)CC1. The third-order valence-electron chi connectivity index (χ3n) is 9.10. The van der Waals surface area contributed by atoms with Crippen molar-refractivity contribution in [3.8, 4) is 24.5 Å². The molecule has 0 bridgehead atoms. The van der Waals surface area contributed by atoms with Crippen LogP contribution in [0.5, 0.6) is 0 Å². The molecule has 1 N–H and O–H groups in total. The zero-order valence-electron chi connectivity index (χ0n) is 22.2. The zero-order valence-corrected chi connectivity index (χ0v) is 22.2. The lowest BCUT2D eigenvalue weighted by Gasteiger charge is -2.48. The van der Waals surface area contributed by atoms with Crippen molar-refractivity contribution in [2.24, 2.45) is 17.8 Å². The lowest BCUT2D eigenvalue weighted by atomic mass is 9.59. The number of benzene rings is 2. The van der Waals surface area contributed by atoms with Crippen LogP contribution in [0.25, 0.3) is 0 Å². The monoisotopic (exact) mass is 523 g/mol. The average molecular weight is 524 g/mol. The Morgan fingerprint density at radius 1 is 1.08 bits per heavy atom. The minimum atomic E-state index is -0.889. The van der Waals surface area contributed by atoms with Crippen molar-refractivity contribution in [3.63, 3.8) is 0 Å². The van der Waals surface area contributed by atoms with Gasteiger partial charge in [-0.25, -0.2) is 4.39 Å². The number of rotatable bonds is 7. The van der Waals surface area contributed by atoms with E-state index in [4.69, 9.17) is 11.7 Å². The fourth-order valence-corrected chi connectivity index (χ4v) is 7.20. The molecule has 2 heterocycles. The Kier molecular flexibility index (Phi) is 7.87. The molecular weight excluding hydrogens is 489 g/mol. The average Bonchev–Trinajstić information content (AvgIpc) is 3.40. The smallest absolute Gasteiger partial charge is 0.295 e. The molecule has 2 aromatic rings. The van der Waals surface area contributed by atoms with Crippen molar-refractivity contribution in [2.45, 2.75) is 43.6 Å². The lowest BCUT2D eigenvalue weighted by Crippen LogP contribution is -2.55. The number of terminal acetylenes is 1. The molecule has 3 aliphatic rings. The topological polar surface area (TPSA) is 83.2 Å². The first-order valence-electron chi connectivity index (χ1n) is 13.9. The highest BCUT2D eigenvalue weighted by atomic mass is 19.1. The van der Waals surface area contributed by atoms with Crippen LogP contribution in [-0.4, -0.2) is 49.6 Å². The molecule has 2 aromatic carbocycles. The van der Waals surface area contributed by atoms with E-state index in [0.29, 0.717) is 17.0 Å². The first-order valence-corrected chi connectivity index (χ1v) is 13.9. The van der Waals surface area contributed by atoms with Crippen LogP contribution < -0.4 is 10.2 Å². The van der Waals surface area contributed by atoms with Gasteiger partial charge in [-0.2, -0.15) is 10.5 Å². The maximum Gasteiger partial charge on any atom is 0.295 e. The molecule has 5 rings (SSSR count). The van der Waals surface area contributed by atoms with Crippen LogP contribution in [-0.2, 0) is 10.2 Å². The molecule has 39 heavy (non-hydrogen) atoms. The first kappa shape index (κ1) is 26.7. The van der Waals surface area contributed by atoms with Gasteiger partial charge >= 0.3 is 0 Å². The van der Waals surface area contributed by atoms with Gasteiger partial charge in [-0.3, -0.25) is 4.79 Å². The number of carbonyl (C=O) groups excluding carboxylic acids is 1. The lowest BCUT2D eigenvalue weighted by molar-refractivity contribution is -0.116. The highest BCUT2D eigenvalue weighted by Gasteiger charge is 2.52. The molecule has 7 heteroatoms. The molecule has 0 spiro atoms. The number of halogens is 1. The number of anilines is 1. The van der Waals surface area contributed by atoms with Gasteiger partial charge in [0.25, 0.3) is 5.91 Å². The third-order valence-corrected chi connectivity index (χ3v) is 9.10. The van der Waals surface area contributed by atoms with E-state index in [1.54, 1.807) is 6.07 Å². The maximum atomic E-state index is 14.5. The number of carbonyl (C=O) groups is 1. The summed E-state index contributed by atoms with van der Waals surface area (Å²) in [4.78, 5) is 16.9. The Bertz CT molecular complexity index is 1310. The molecule has 6 nitrogen and oxygen atoms in total. The molecule has 2 saturated heterocycles. The minimum Gasteiger partial charge on any atom is -0.371 e. The number of hydrogen-bond acceptors (Lipinski definition) is 5. The zero-order chi connectivity index (χ0) is 27.4. The third kappa shape index (κ3) is 5.36. The summed E-state index contributed by atoms with van der Waals surface area (Å²) in [6, 6.07) is 18.9. The van der Waals surface area contributed by atoms with Gasteiger partial charge in [0, 0.05) is 43.2 Å². The molecule has 2 aliphatic heterocycles. The van der Waals surface area contributed by atoms with E-state index < -0.39 is 11.3 Å². The van der Waals surface area contributed by atoms with Gasteiger partial charge in [0.2, 0.25) is 0 Å². The second kappa shape index (κ2) is 11.5. The number of hydrogen-bond donors (Lipinski definition) is 1. The van der Waals surface area contributed by atoms with Gasteiger partial charge in [0.15, 0.2) is 0 Å². The maximum absolute atomic E-state index is 14.5. The summed E-state index contributed by atoms with van der Waals surface area (Å²) in [6.07, 6.45) is 9.51. The molecule has 200 valence electrons. The van der Waals surface area contributed by atoms with Gasteiger partial charge < -0.3 is 15.1 Å². The van der Waals surface area contributed by atoms with E-state index in [0.717, 1.165) is 70.5 Å². The summed E-state index contributed by atoms with van der Waals surface area (Å²) in [5.41, 5.74) is 1.65. The summed E-state index contributed by atoms with van der Waals surface area (Å²) < 4.78 is 14.5. The summed E-state index contributed by atoms with van der Waals surface area (Å²) >= 11 is 0. The second-order valence-electron chi connectivity index (χ2n) is 11.3. The van der Waals surface area contributed by atoms with Gasteiger partial charge in [0.05, 0.1) is 23.1 Å². The van der Waals surface area contributed by atoms with Gasteiger partial charge in [-0.15, -0.1) is 6.42 Å². The Labute approximate surface area is 230 Å². The number of likely N-dealkylation sites (tertiary alicyclic amines) is 1. The molecule has 0 unspecified atom stereocenters. The number of nitrogens with zero attached hydrogens (tertiary/aromatic N) is 4. The quantitative estimate of drug-likeness (QED) is 0.550. The molecule has 0 radical (unpaired) electrons. The van der Waals surface area contributed by atoms with E-state index in [-0.39, 0.29) is 23.7 Å². The van der Waals surface area contributed by atoms with Crippen molar-refractivity contribution in [2.75, 3.05) is 37.6 Å². The summed E-state index contributed by atoms with van der Waals surface area (Å²) in [6.45, 7) is 4.80. The normalized spacial score (nSPS) is 23.6. The Balaban J connectivity index is 1.26. The van der Waals surface area contributed by atoms with Gasteiger partial charge in [-0.1, -0.05) is 18.6 Å². The molecule has 3 atom stereocenters. The van der Waals surface area contributed by atoms with E-state index >= 15 is 0 Å². The van der Waals surface area contributed by atoms with Crippen LogP contribution >= 0.6 is 0 Å². The number of amides is 1. The standard InChI is InChI=1S/C32H34FN5O/c1-2-31(39)36-30-8-4-7-29(30)32(22-35,26-5-3-6-27(33)17-26)25-13-15-37(16-14-25)19-24-20-38(21-24)28-11-9-23(18-34)10-12-28/h1,3,5-6,9-12,17,24-25,29-30H,4,7-8,13-16,19-21H2,(H,36,39)/t29-,30-,32-/m0/s1. The fourth-order valence-electron chi connectivity index (χ4n) is 7.20. The van der Waals surface area contributed by atoms with Crippen LogP contribution in [0.15, 0.2) is 48.5 Å². The van der Waals surface area contributed by atoms with Crippen molar-refractivity contribution in [1.82, 2.24) is 10.2 Å². The van der Waals surface area contributed by atoms with E-state index in [2.05, 4.69) is 33.2 Å².